The van der Waals surface area contributed by atoms with Gasteiger partial charge in [-0.25, -0.2) is 9.13 Å². The van der Waals surface area contributed by atoms with Crippen LogP contribution in [0.3, 0.4) is 0 Å². The number of phosphoric acid groups is 2. The summed E-state index contributed by atoms with van der Waals surface area (Å²) in [7, 11) is -10.0. The summed E-state index contributed by atoms with van der Waals surface area (Å²) < 4.78 is 68.6. The highest BCUT2D eigenvalue weighted by Gasteiger charge is 2.30. The van der Waals surface area contributed by atoms with E-state index in [1.165, 1.54) is 103 Å². The van der Waals surface area contributed by atoms with Crippen molar-refractivity contribution in [2.24, 2.45) is 0 Å². The molecule has 0 saturated carbocycles. The molecular weight excluding hydrogens is 1400 g/mol. The van der Waals surface area contributed by atoms with Gasteiger partial charge in [0.1, 0.15) is 19.3 Å². The molecule has 0 saturated heterocycles. The second kappa shape index (κ2) is 80.3. The summed E-state index contributed by atoms with van der Waals surface area (Å²) >= 11 is 0. The minimum atomic E-state index is -5.01. The zero-order chi connectivity index (χ0) is 78.9. The van der Waals surface area contributed by atoms with Crippen LogP contribution < -0.4 is 0 Å². The molecule has 0 aliphatic carbocycles. The number of aliphatic hydroxyl groups excluding tert-OH is 1. The van der Waals surface area contributed by atoms with Crippen molar-refractivity contribution in [2.75, 3.05) is 39.6 Å². The van der Waals surface area contributed by atoms with E-state index in [1.807, 2.05) is 12.2 Å². The van der Waals surface area contributed by atoms with Crippen LogP contribution in [0.15, 0.2) is 134 Å². The average Bonchev–Trinajstić information content (AvgIpc) is 0.907. The van der Waals surface area contributed by atoms with E-state index in [1.54, 1.807) is 12.2 Å². The van der Waals surface area contributed by atoms with Gasteiger partial charge in [-0.2, -0.15) is 0 Å². The fourth-order valence-corrected chi connectivity index (χ4v) is 12.8. The van der Waals surface area contributed by atoms with Gasteiger partial charge in [0.15, 0.2) is 12.2 Å². The highest BCUT2D eigenvalue weighted by molar-refractivity contribution is 7.47. The zero-order valence-corrected chi connectivity index (χ0v) is 69.8. The summed E-state index contributed by atoms with van der Waals surface area (Å²) in [6.07, 6.45) is 91.6. The first kappa shape index (κ1) is 103. The number of carbonyl (C=O) groups is 4. The molecule has 0 fully saturated rings. The maximum atomic E-state index is 13.1. The Balaban J connectivity index is 5.43. The molecule has 0 bridgehead atoms. The highest BCUT2D eigenvalue weighted by atomic mass is 31.2. The normalized spacial score (nSPS) is 14.5. The summed E-state index contributed by atoms with van der Waals surface area (Å²) in [5.41, 5.74) is 0. The van der Waals surface area contributed by atoms with Gasteiger partial charge in [0.25, 0.3) is 0 Å². The molecule has 0 rings (SSSR count). The van der Waals surface area contributed by atoms with Gasteiger partial charge in [-0.3, -0.25) is 37.3 Å². The Morgan fingerprint density at radius 1 is 0.278 bits per heavy atom. The number of carbonyl (C=O) groups excluding carboxylic acids is 4. The van der Waals surface area contributed by atoms with E-state index in [4.69, 9.17) is 37.0 Å². The van der Waals surface area contributed by atoms with Gasteiger partial charge in [0, 0.05) is 19.3 Å². The topological polar surface area (TPSA) is 237 Å². The number of aliphatic hydroxyl groups is 1. The lowest BCUT2D eigenvalue weighted by Crippen LogP contribution is -2.30. The predicted octanol–water partition coefficient (Wildman–Crippen LogP) is 25.2. The van der Waals surface area contributed by atoms with E-state index >= 15 is 0 Å². The molecule has 3 N–H and O–H groups in total. The lowest BCUT2D eigenvalue weighted by Gasteiger charge is -2.21. The molecule has 5 unspecified atom stereocenters. The Hall–Kier alpha value is -4.80. The highest BCUT2D eigenvalue weighted by Crippen LogP contribution is 2.45. The Bertz CT molecular complexity index is 2560. The van der Waals surface area contributed by atoms with E-state index < -0.39 is 97.5 Å². The van der Waals surface area contributed by atoms with E-state index in [2.05, 4.69) is 137 Å². The van der Waals surface area contributed by atoms with Crippen LogP contribution in [0.2, 0.25) is 0 Å². The van der Waals surface area contributed by atoms with E-state index in [9.17, 15) is 43.2 Å². The summed E-state index contributed by atoms with van der Waals surface area (Å²) in [6.45, 7) is 4.61. The van der Waals surface area contributed by atoms with Crippen LogP contribution in [0, 0.1) is 0 Å². The molecule has 620 valence electrons. The smallest absolute Gasteiger partial charge is 0.462 e. The van der Waals surface area contributed by atoms with Crippen molar-refractivity contribution in [1.29, 1.82) is 0 Å². The number of unbranched alkanes of at least 4 members (excludes halogenated alkanes) is 32. The molecule has 0 aromatic rings. The summed E-state index contributed by atoms with van der Waals surface area (Å²) in [5, 5.41) is 10.7. The van der Waals surface area contributed by atoms with Gasteiger partial charge < -0.3 is 33.8 Å². The summed E-state index contributed by atoms with van der Waals surface area (Å²) in [5.74, 6) is -2.34. The molecule has 0 aliphatic heterocycles. The molecule has 19 heteroatoms. The monoisotopic (exact) mass is 1560 g/mol. The number of phosphoric ester groups is 2. The van der Waals surface area contributed by atoms with Crippen molar-refractivity contribution in [3.63, 3.8) is 0 Å². The standard InChI is InChI=1S/C89H152O17P2/c1-5-9-13-17-21-25-29-33-37-39-41-43-47-49-53-57-61-65-69-73-86(91)99-79-84(105-88(93)75-71-67-63-59-55-51-45-35-31-27-23-19-15-11-7-3)81-103-107(95,96)101-77-83(90)78-102-108(97,98)104-82-85(106-89(94)76-72-68-64-60-56-52-46-36-32-28-24-20-16-12-8-4)80-100-87(92)74-70-66-62-58-54-50-48-44-42-40-38-34-30-26-22-18-14-10-6-2/h11,15,21-23,25-27,33-35,37-38,41-45,55,59,67,71,83-85,90H,5-10,12-14,16-20,24,28-32,36,39-40,46-54,56-58,60-66,68-70,72-82H2,1-4H3,(H,95,96)(H,97,98)/b15-11-,25-21-,26-22-,27-23-,37-33-,38-34-,43-41-,44-42-,45-35-,59-55-,71-67-. The number of hydrogen-bond acceptors (Lipinski definition) is 15. The van der Waals surface area contributed by atoms with Crippen LogP contribution in [0.1, 0.15) is 349 Å². The van der Waals surface area contributed by atoms with Crippen LogP contribution in [0.25, 0.3) is 0 Å². The Morgan fingerprint density at radius 3 is 0.843 bits per heavy atom. The fraction of sp³-hybridized carbons (Fsp3) is 0.708. The van der Waals surface area contributed by atoms with Crippen LogP contribution in [0.4, 0.5) is 0 Å². The molecule has 108 heavy (non-hydrogen) atoms. The SMILES string of the molecule is CC/C=C\C/C=C\C/C=C\C/C=C\C/C=C\CC(=O)OC(COC(=O)CCCCCCCC/C=C\C/C=C\C/C=C\CCCCC)COP(=O)(O)OCC(O)COP(=O)(O)OCC(COC(=O)CCCCCCCC/C=C\C/C=C\C/C=C\CCCCC)OC(=O)CCCCCCCCCCCCCCCCC. The predicted molar refractivity (Wildman–Crippen MR) is 445 cm³/mol. The average molecular weight is 1560 g/mol. The zero-order valence-electron chi connectivity index (χ0n) is 68.0. The number of esters is 4. The molecule has 0 spiro atoms. The van der Waals surface area contributed by atoms with Crippen LogP contribution >= 0.6 is 15.6 Å². The third-order valence-electron chi connectivity index (χ3n) is 17.6. The van der Waals surface area contributed by atoms with E-state index in [-0.39, 0.29) is 25.7 Å². The van der Waals surface area contributed by atoms with Crippen molar-refractivity contribution in [3.05, 3.63) is 134 Å². The van der Waals surface area contributed by atoms with Crippen molar-refractivity contribution in [3.8, 4) is 0 Å². The van der Waals surface area contributed by atoms with Gasteiger partial charge in [-0.15, -0.1) is 0 Å². The molecule has 0 heterocycles. The summed E-state index contributed by atoms with van der Waals surface area (Å²) in [4.78, 5) is 73.1. The van der Waals surface area contributed by atoms with Crippen LogP contribution in [0.5, 0.6) is 0 Å². The molecule has 0 aromatic carbocycles. The van der Waals surface area contributed by atoms with Gasteiger partial charge in [0.05, 0.1) is 32.8 Å². The Labute approximate surface area is 656 Å². The third kappa shape index (κ3) is 79.3. The van der Waals surface area contributed by atoms with E-state index in [0.29, 0.717) is 25.7 Å². The number of hydrogen-bond donors (Lipinski definition) is 3. The maximum absolute atomic E-state index is 13.1. The van der Waals surface area contributed by atoms with Gasteiger partial charge in [0.2, 0.25) is 0 Å². The molecular formula is C89H152O17P2. The van der Waals surface area contributed by atoms with Crippen molar-refractivity contribution in [1.82, 2.24) is 0 Å². The first-order valence-electron chi connectivity index (χ1n) is 42.4. The van der Waals surface area contributed by atoms with Crippen molar-refractivity contribution < 1.29 is 80.2 Å². The number of ether oxygens (including phenoxy) is 4. The third-order valence-corrected chi connectivity index (χ3v) is 19.5. The Kier molecular flexibility index (Phi) is 76.7. The second-order valence-corrected chi connectivity index (χ2v) is 31.0. The van der Waals surface area contributed by atoms with Gasteiger partial charge in [-0.1, -0.05) is 328 Å². The number of allylic oxidation sites excluding steroid dienone is 21. The lowest BCUT2D eigenvalue weighted by atomic mass is 10.0. The lowest BCUT2D eigenvalue weighted by molar-refractivity contribution is -0.161. The summed E-state index contributed by atoms with van der Waals surface area (Å²) in [6, 6.07) is 0. The van der Waals surface area contributed by atoms with Gasteiger partial charge in [-0.05, 0) is 128 Å². The molecule has 5 atom stereocenters. The molecule has 0 amide bonds. The van der Waals surface area contributed by atoms with Crippen molar-refractivity contribution >= 4 is 39.5 Å². The quantitative estimate of drug-likeness (QED) is 0.0169. The first-order valence-corrected chi connectivity index (χ1v) is 45.4. The van der Waals surface area contributed by atoms with Crippen LogP contribution in [-0.4, -0.2) is 96.7 Å². The van der Waals surface area contributed by atoms with E-state index in [0.717, 1.165) is 167 Å². The fourth-order valence-electron chi connectivity index (χ4n) is 11.2. The molecule has 0 aliphatic rings. The van der Waals surface area contributed by atoms with Crippen molar-refractivity contribution in [2.45, 2.75) is 367 Å². The van der Waals surface area contributed by atoms with Crippen LogP contribution in [-0.2, 0) is 65.4 Å². The molecule has 0 aromatic heterocycles. The number of rotatable bonds is 79. The second-order valence-electron chi connectivity index (χ2n) is 28.1. The molecule has 0 radical (unpaired) electrons. The maximum Gasteiger partial charge on any atom is 0.472 e. The largest absolute Gasteiger partial charge is 0.472 e. The van der Waals surface area contributed by atoms with Gasteiger partial charge >= 0.3 is 39.5 Å². The Morgan fingerprint density at radius 2 is 0.519 bits per heavy atom. The minimum Gasteiger partial charge on any atom is -0.462 e. The molecule has 17 nitrogen and oxygen atoms in total. The minimum absolute atomic E-state index is 0.0905. The first-order chi connectivity index (χ1) is 52.7.